The van der Waals surface area contributed by atoms with E-state index in [2.05, 4.69) is 10.3 Å². The van der Waals surface area contributed by atoms with E-state index in [1.54, 1.807) is 41.9 Å². The van der Waals surface area contributed by atoms with Gasteiger partial charge in [0.1, 0.15) is 16.5 Å². The molecule has 1 aromatic carbocycles. The maximum Gasteiger partial charge on any atom is 0.258 e. The van der Waals surface area contributed by atoms with E-state index in [0.717, 1.165) is 20.5 Å². The van der Waals surface area contributed by atoms with Crippen LogP contribution in [0, 0.1) is 6.92 Å². The van der Waals surface area contributed by atoms with E-state index < -0.39 is 0 Å². The van der Waals surface area contributed by atoms with Crippen LogP contribution in [0.5, 0.6) is 11.5 Å². The van der Waals surface area contributed by atoms with Gasteiger partial charge < -0.3 is 14.8 Å². The molecule has 5 nitrogen and oxygen atoms in total. The predicted molar refractivity (Wildman–Crippen MR) is 100 cm³/mol. The summed E-state index contributed by atoms with van der Waals surface area (Å²) in [6.07, 6.45) is 0. The number of hydrogen-bond donors (Lipinski definition) is 1. The molecule has 2 heterocycles. The topological polar surface area (TPSA) is 60.5 Å². The number of rotatable bonds is 7. The molecule has 0 radical (unpaired) electrons. The molecule has 25 heavy (non-hydrogen) atoms. The number of nitrogens with zero attached hydrogens (tertiary/aromatic N) is 1. The minimum absolute atomic E-state index is 0.0389. The monoisotopic (exact) mass is 374 g/mol. The fraction of sp³-hybridized carbons (Fsp3) is 0.222. The summed E-state index contributed by atoms with van der Waals surface area (Å²) in [6.45, 7) is 2.37. The number of amides is 1. The summed E-state index contributed by atoms with van der Waals surface area (Å²) < 4.78 is 10.6. The van der Waals surface area contributed by atoms with E-state index in [4.69, 9.17) is 9.47 Å². The quantitative estimate of drug-likeness (QED) is 0.682. The molecule has 0 spiro atoms. The van der Waals surface area contributed by atoms with Gasteiger partial charge in [0, 0.05) is 10.9 Å². The highest BCUT2D eigenvalue weighted by Crippen LogP contribution is 2.30. The van der Waals surface area contributed by atoms with E-state index in [9.17, 15) is 4.79 Å². The van der Waals surface area contributed by atoms with Gasteiger partial charge in [-0.1, -0.05) is 12.1 Å². The molecule has 3 aromatic rings. The van der Waals surface area contributed by atoms with E-state index in [0.29, 0.717) is 18.0 Å². The summed E-state index contributed by atoms with van der Waals surface area (Å²) in [5, 5.41) is 5.90. The molecule has 3 rings (SSSR count). The number of aromatic nitrogens is 1. The molecule has 0 bridgehead atoms. The van der Waals surface area contributed by atoms with Crippen LogP contribution in [0.3, 0.4) is 0 Å². The summed E-state index contributed by atoms with van der Waals surface area (Å²) in [7, 11) is 1.59. The highest BCUT2D eigenvalue weighted by molar-refractivity contribution is 7.21. The maximum atomic E-state index is 12.0. The van der Waals surface area contributed by atoms with Crippen LogP contribution in [-0.2, 0) is 11.3 Å². The molecular weight excluding hydrogens is 356 g/mol. The molecule has 0 aliphatic heterocycles. The molecular formula is C18H18N2O3S2. The highest BCUT2D eigenvalue weighted by atomic mass is 32.1. The van der Waals surface area contributed by atoms with Crippen molar-refractivity contribution < 1.29 is 14.3 Å². The van der Waals surface area contributed by atoms with Crippen molar-refractivity contribution >= 4 is 28.6 Å². The maximum absolute atomic E-state index is 12.0. The van der Waals surface area contributed by atoms with Crippen molar-refractivity contribution in [2.45, 2.75) is 13.5 Å². The average molecular weight is 374 g/mol. The first-order chi connectivity index (χ1) is 12.2. The Morgan fingerprint density at radius 1 is 1.24 bits per heavy atom. The van der Waals surface area contributed by atoms with Gasteiger partial charge in [-0.2, -0.15) is 0 Å². The van der Waals surface area contributed by atoms with Crippen LogP contribution in [0.15, 0.2) is 41.8 Å². The number of nitrogens with one attached hydrogen (secondary N) is 1. The lowest BCUT2D eigenvalue weighted by atomic mass is 10.3. The second-order valence-corrected chi connectivity index (χ2v) is 7.28. The van der Waals surface area contributed by atoms with Gasteiger partial charge in [-0.3, -0.25) is 4.79 Å². The van der Waals surface area contributed by atoms with Crippen molar-refractivity contribution in [2.24, 2.45) is 0 Å². The molecule has 0 aliphatic carbocycles. The van der Waals surface area contributed by atoms with Gasteiger partial charge >= 0.3 is 0 Å². The predicted octanol–water partition coefficient (Wildman–Crippen LogP) is 3.88. The van der Waals surface area contributed by atoms with Crippen molar-refractivity contribution in [1.82, 2.24) is 10.3 Å². The summed E-state index contributed by atoms with van der Waals surface area (Å²) in [4.78, 5) is 18.8. The van der Waals surface area contributed by atoms with Crippen molar-refractivity contribution in [2.75, 3.05) is 13.7 Å². The number of benzene rings is 1. The van der Waals surface area contributed by atoms with Crippen molar-refractivity contribution in [1.29, 1.82) is 0 Å². The van der Waals surface area contributed by atoms with Gasteiger partial charge in [0.05, 0.1) is 24.2 Å². The second-order valence-electron chi connectivity index (χ2n) is 5.25. The molecule has 0 fully saturated rings. The molecule has 1 amide bonds. The van der Waals surface area contributed by atoms with Crippen molar-refractivity contribution in [3.05, 3.63) is 52.3 Å². The third-order valence-corrected chi connectivity index (χ3v) is 5.68. The Labute approximate surface area is 154 Å². The lowest BCUT2D eigenvalue weighted by Crippen LogP contribution is -2.28. The average Bonchev–Trinajstić information content (AvgIpc) is 3.28. The Bertz CT molecular complexity index is 844. The standard InChI is InChI=1S/C18H18N2O3S2/c1-12-16(25-18(20-12)15-7-4-8-24-15)10-19-17(21)11-23-14-6-3-5-13(9-14)22-2/h3-9H,10-11H2,1-2H3,(H,19,21). The van der Waals surface area contributed by atoms with Crippen LogP contribution >= 0.6 is 22.7 Å². The zero-order valence-electron chi connectivity index (χ0n) is 13.9. The fourth-order valence-corrected chi connectivity index (χ4v) is 3.97. The first-order valence-corrected chi connectivity index (χ1v) is 9.39. The molecule has 2 aromatic heterocycles. The Morgan fingerprint density at radius 3 is 2.84 bits per heavy atom. The van der Waals surface area contributed by atoms with E-state index in [1.807, 2.05) is 36.6 Å². The van der Waals surface area contributed by atoms with E-state index in [1.165, 1.54) is 0 Å². The third kappa shape index (κ3) is 4.58. The van der Waals surface area contributed by atoms with Crippen LogP contribution in [-0.4, -0.2) is 24.6 Å². The zero-order chi connectivity index (χ0) is 17.6. The largest absolute Gasteiger partial charge is 0.497 e. The second kappa shape index (κ2) is 8.13. The SMILES string of the molecule is COc1cccc(OCC(=O)NCc2sc(-c3cccs3)nc2C)c1. The van der Waals surface area contributed by atoms with Gasteiger partial charge in [0.25, 0.3) is 5.91 Å². The summed E-state index contributed by atoms with van der Waals surface area (Å²) in [5.74, 6) is 1.12. The van der Waals surface area contributed by atoms with E-state index >= 15 is 0 Å². The molecule has 0 unspecified atom stereocenters. The number of ether oxygens (including phenoxy) is 2. The number of aryl methyl sites for hydroxylation is 1. The van der Waals surface area contributed by atoms with Crippen molar-refractivity contribution in [3.63, 3.8) is 0 Å². The van der Waals surface area contributed by atoms with Gasteiger partial charge in [-0.15, -0.1) is 22.7 Å². The summed E-state index contributed by atoms with van der Waals surface area (Å²) >= 11 is 3.27. The Hall–Kier alpha value is -2.38. The van der Waals surface area contributed by atoms with Gasteiger partial charge in [0.15, 0.2) is 6.61 Å². The van der Waals surface area contributed by atoms with Crippen molar-refractivity contribution in [3.8, 4) is 21.4 Å². The number of carbonyl (C=O) groups excluding carboxylic acids is 1. The minimum atomic E-state index is -0.173. The Kier molecular flexibility index (Phi) is 5.67. The number of methoxy groups -OCH3 is 1. The normalized spacial score (nSPS) is 10.5. The first-order valence-electron chi connectivity index (χ1n) is 7.69. The van der Waals surface area contributed by atoms with Gasteiger partial charge in [0.2, 0.25) is 0 Å². The molecule has 130 valence electrons. The number of hydrogen-bond acceptors (Lipinski definition) is 6. The van der Waals surface area contributed by atoms with Crippen LogP contribution < -0.4 is 14.8 Å². The smallest absolute Gasteiger partial charge is 0.258 e. The molecule has 7 heteroatoms. The zero-order valence-corrected chi connectivity index (χ0v) is 15.6. The van der Waals surface area contributed by atoms with Gasteiger partial charge in [-0.25, -0.2) is 4.98 Å². The first kappa shape index (κ1) is 17.4. The number of thiophene rings is 1. The van der Waals surface area contributed by atoms with E-state index in [-0.39, 0.29) is 12.5 Å². The molecule has 0 saturated carbocycles. The van der Waals surface area contributed by atoms with Crippen LogP contribution in [0.4, 0.5) is 0 Å². The summed E-state index contributed by atoms with van der Waals surface area (Å²) in [6, 6.07) is 11.2. The lowest BCUT2D eigenvalue weighted by molar-refractivity contribution is -0.123. The van der Waals surface area contributed by atoms with Crippen LogP contribution in [0.1, 0.15) is 10.6 Å². The highest BCUT2D eigenvalue weighted by Gasteiger charge is 2.11. The Balaban J connectivity index is 1.52. The van der Waals surface area contributed by atoms with Gasteiger partial charge in [-0.05, 0) is 30.5 Å². The van der Waals surface area contributed by atoms with Crippen LogP contribution in [0.2, 0.25) is 0 Å². The third-order valence-electron chi connectivity index (χ3n) is 3.48. The molecule has 0 aliphatic rings. The molecule has 0 atom stereocenters. The van der Waals surface area contributed by atoms with Crippen LogP contribution in [0.25, 0.3) is 9.88 Å². The fourth-order valence-electron chi connectivity index (χ4n) is 2.17. The number of thiazole rings is 1. The number of carbonyl (C=O) groups is 1. The summed E-state index contributed by atoms with van der Waals surface area (Å²) in [5.41, 5.74) is 0.947. The Morgan fingerprint density at radius 2 is 2.08 bits per heavy atom. The molecule has 0 saturated heterocycles. The molecule has 1 N–H and O–H groups in total. The minimum Gasteiger partial charge on any atom is -0.497 e. The lowest BCUT2D eigenvalue weighted by Gasteiger charge is -2.08.